The molecule has 0 aromatic heterocycles. The normalized spacial score (nSPS) is 17.2. The van der Waals surface area contributed by atoms with Crippen molar-refractivity contribution in [2.75, 3.05) is 44.7 Å². The summed E-state index contributed by atoms with van der Waals surface area (Å²) in [5.41, 5.74) is 2.19. The van der Waals surface area contributed by atoms with E-state index in [0.717, 1.165) is 56.0 Å². The van der Waals surface area contributed by atoms with Crippen molar-refractivity contribution >= 4 is 11.6 Å². The Bertz CT molecular complexity index is 813. The van der Waals surface area contributed by atoms with Gasteiger partial charge < -0.3 is 19.4 Å². The molecule has 1 amide bonds. The van der Waals surface area contributed by atoms with Crippen molar-refractivity contribution in [2.45, 2.75) is 25.4 Å². The predicted molar refractivity (Wildman–Crippen MR) is 111 cm³/mol. The summed E-state index contributed by atoms with van der Waals surface area (Å²) in [4.78, 5) is 18.7. The molecule has 0 atom stereocenters. The topological polar surface area (TPSA) is 37.2 Å². The summed E-state index contributed by atoms with van der Waals surface area (Å²) in [7, 11) is 1.66. The number of halogens is 1. The Morgan fingerprint density at radius 2 is 1.76 bits per heavy atom. The quantitative estimate of drug-likeness (QED) is 0.772. The Kier molecular flexibility index (Phi) is 6.00. The Morgan fingerprint density at radius 3 is 2.34 bits per heavy atom. The van der Waals surface area contributed by atoms with Crippen LogP contribution in [0.5, 0.6) is 5.75 Å². The van der Waals surface area contributed by atoms with Gasteiger partial charge in [-0.25, -0.2) is 4.39 Å². The lowest BCUT2D eigenvalue weighted by Gasteiger charge is -2.34. The third-order valence-electron chi connectivity index (χ3n) is 5.88. The molecule has 0 unspecified atom stereocenters. The van der Waals surface area contributed by atoms with Gasteiger partial charge in [-0.05, 0) is 54.8 Å². The van der Waals surface area contributed by atoms with Gasteiger partial charge in [0.1, 0.15) is 11.6 Å². The smallest absolute Gasteiger partial charge is 0.278 e. The van der Waals surface area contributed by atoms with Crippen molar-refractivity contribution in [1.82, 2.24) is 4.90 Å². The van der Waals surface area contributed by atoms with E-state index in [1.54, 1.807) is 7.11 Å². The minimum absolute atomic E-state index is 0.208. The molecule has 6 heteroatoms. The SMILES string of the molecule is COc1ccc(CN(C(=O)C[NH+]2CCN(c3ccc(F)cc3)CC2)C2CC2)cc1. The van der Waals surface area contributed by atoms with Crippen LogP contribution in [0, 0.1) is 5.82 Å². The van der Waals surface area contributed by atoms with Gasteiger partial charge >= 0.3 is 0 Å². The fourth-order valence-electron chi connectivity index (χ4n) is 3.96. The second kappa shape index (κ2) is 8.82. The second-order valence-corrected chi connectivity index (χ2v) is 7.99. The summed E-state index contributed by atoms with van der Waals surface area (Å²) in [6.45, 7) is 4.83. The lowest BCUT2D eigenvalue weighted by Crippen LogP contribution is -3.15. The number of ether oxygens (including phenoxy) is 1. The van der Waals surface area contributed by atoms with Crippen molar-refractivity contribution in [3.63, 3.8) is 0 Å². The van der Waals surface area contributed by atoms with Crippen molar-refractivity contribution in [3.05, 3.63) is 59.9 Å². The number of rotatable bonds is 7. The molecule has 2 aromatic carbocycles. The molecule has 2 fully saturated rings. The van der Waals surface area contributed by atoms with Crippen LogP contribution in [0.2, 0.25) is 0 Å². The van der Waals surface area contributed by atoms with Gasteiger partial charge in [0.25, 0.3) is 5.91 Å². The highest BCUT2D eigenvalue weighted by Gasteiger charge is 2.34. The number of methoxy groups -OCH3 is 1. The first kappa shape index (κ1) is 19.7. The van der Waals surface area contributed by atoms with Gasteiger partial charge in [0, 0.05) is 18.3 Å². The molecule has 0 spiro atoms. The Hall–Kier alpha value is -2.60. The summed E-state index contributed by atoms with van der Waals surface area (Å²) >= 11 is 0. The van der Waals surface area contributed by atoms with E-state index in [1.807, 2.05) is 36.4 Å². The Morgan fingerprint density at radius 1 is 1.10 bits per heavy atom. The highest BCUT2D eigenvalue weighted by molar-refractivity contribution is 5.77. The number of nitrogens with zero attached hydrogens (tertiary/aromatic N) is 2. The maximum absolute atomic E-state index is 13.1. The number of quaternary nitrogens is 1. The number of piperazine rings is 1. The predicted octanol–water partition coefficient (Wildman–Crippen LogP) is 1.73. The number of hydrogen-bond donors (Lipinski definition) is 1. The molecule has 1 N–H and O–H groups in total. The van der Waals surface area contributed by atoms with Crippen LogP contribution in [0.15, 0.2) is 48.5 Å². The van der Waals surface area contributed by atoms with Gasteiger partial charge in [-0.15, -0.1) is 0 Å². The van der Waals surface area contributed by atoms with Crippen LogP contribution in [0.25, 0.3) is 0 Å². The molecule has 5 nitrogen and oxygen atoms in total. The number of nitrogens with one attached hydrogen (secondary N) is 1. The third-order valence-corrected chi connectivity index (χ3v) is 5.88. The van der Waals surface area contributed by atoms with E-state index in [4.69, 9.17) is 4.74 Å². The highest BCUT2D eigenvalue weighted by Crippen LogP contribution is 2.28. The van der Waals surface area contributed by atoms with Crippen LogP contribution in [-0.2, 0) is 11.3 Å². The fraction of sp³-hybridized carbons (Fsp3) is 0.435. The van der Waals surface area contributed by atoms with Crippen molar-refractivity contribution in [2.24, 2.45) is 0 Å². The molecule has 154 valence electrons. The van der Waals surface area contributed by atoms with E-state index < -0.39 is 0 Å². The van der Waals surface area contributed by atoms with E-state index in [0.29, 0.717) is 19.1 Å². The minimum atomic E-state index is -0.208. The molecule has 2 aliphatic rings. The summed E-state index contributed by atoms with van der Waals surface area (Å²) in [6, 6.07) is 15.0. The summed E-state index contributed by atoms with van der Waals surface area (Å²) in [5, 5.41) is 0. The minimum Gasteiger partial charge on any atom is -0.497 e. The van der Waals surface area contributed by atoms with Crippen LogP contribution in [0.1, 0.15) is 18.4 Å². The van der Waals surface area contributed by atoms with E-state index in [9.17, 15) is 9.18 Å². The number of carbonyl (C=O) groups excluding carboxylic acids is 1. The molecule has 1 aliphatic heterocycles. The average molecular weight is 399 g/mol. The van der Waals surface area contributed by atoms with Gasteiger partial charge in [-0.2, -0.15) is 0 Å². The van der Waals surface area contributed by atoms with E-state index >= 15 is 0 Å². The summed E-state index contributed by atoms with van der Waals surface area (Å²) in [5.74, 6) is 0.871. The molecular weight excluding hydrogens is 369 g/mol. The van der Waals surface area contributed by atoms with E-state index in [2.05, 4.69) is 9.80 Å². The van der Waals surface area contributed by atoms with Crippen LogP contribution in [-0.4, -0.2) is 56.7 Å². The second-order valence-electron chi connectivity index (χ2n) is 7.99. The van der Waals surface area contributed by atoms with Gasteiger partial charge in [-0.3, -0.25) is 4.79 Å². The zero-order valence-corrected chi connectivity index (χ0v) is 16.9. The molecule has 0 bridgehead atoms. The van der Waals surface area contributed by atoms with Crippen LogP contribution in [0.3, 0.4) is 0 Å². The number of anilines is 1. The lowest BCUT2D eigenvalue weighted by molar-refractivity contribution is -0.892. The summed E-state index contributed by atoms with van der Waals surface area (Å²) < 4.78 is 18.4. The van der Waals surface area contributed by atoms with Crippen LogP contribution >= 0.6 is 0 Å². The molecule has 1 heterocycles. The third kappa shape index (κ3) is 5.07. The monoisotopic (exact) mass is 398 g/mol. The van der Waals surface area contributed by atoms with E-state index in [-0.39, 0.29) is 11.7 Å². The van der Waals surface area contributed by atoms with Gasteiger partial charge in [0.05, 0.1) is 33.3 Å². The molecule has 1 saturated carbocycles. The standard InChI is InChI=1S/C23H28FN3O2/c1-29-22-10-2-18(3-11-22)16-27(21-8-9-21)23(28)17-25-12-14-26(15-13-25)20-6-4-19(24)5-7-20/h2-7,10-11,21H,8-9,12-17H2,1H3/p+1. The van der Waals surface area contributed by atoms with Crippen LogP contribution in [0.4, 0.5) is 10.1 Å². The molecule has 29 heavy (non-hydrogen) atoms. The Labute approximate surface area is 171 Å². The average Bonchev–Trinajstić information content (AvgIpc) is 3.59. The van der Waals surface area contributed by atoms with Crippen molar-refractivity contribution < 1.29 is 18.8 Å². The van der Waals surface area contributed by atoms with Gasteiger partial charge in [-0.1, -0.05) is 12.1 Å². The van der Waals surface area contributed by atoms with Gasteiger partial charge in [0.15, 0.2) is 6.54 Å². The highest BCUT2D eigenvalue weighted by atomic mass is 19.1. The molecule has 1 aliphatic carbocycles. The Balaban J connectivity index is 1.31. The molecule has 0 radical (unpaired) electrons. The molecule has 1 saturated heterocycles. The summed E-state index contributed by atoms with van der Waals surface area (Å²) in [6.07, 6.45) is 2.21. The number of amides is 1. The lowest BCUT2D eigenvalue weighted by atomic mass is 10.2. The first-order valence-electron chi connectivity index (χ1n) is 10.4. The zero-order chi connectivity index (χ0) is 20.2. The van der Waals surface area contributed by atoms with E-state index in [1.165, 1.54) is 17.0 Å². The largest absolute Gasteiger partial charge is 0.497 e. The first-order valence-corrected chi connectivity index (χ1v) is 10.4. The van der Waals surface area contributed by atoms with Crippen LogP contribution < -0.4 is 14.5 Å². The molecular formula is C23H29FN3O2+. The van der Waals surface area contributed by atoms with Gasteiger partial charge in [0.2, 0.25) is 0 Å². The number of hydrogen-bond acceptors (Lipinski definition) is 3. The fourth-order valence-corrected chi connectivity index (χ4v) is 3.96. The maximum Gasteiger partial charge on any atom is 0.278 e. The molecule has 2 aromatic rings. The zero-order valence-electron chi connectivity index (χ0n) is 16.9. The van der Waals surface area contributed by atoms with Crippen molar-refractivity contribution in [3.8, 4) is 5.75 Å². The van der Waals surface area contributed by atoms with Crippen molar-refractivity contribution in [1.29, 1.82) is 0 Å². The maximum atomic E-state index is 13.1. The number of carbonyl (C=O) groups is 1. The number of benzene rings is 2. The first-order chi connectivity index (χ1) is 14.1. The molecule has 4 rings (SSSR count).